The number of aliphatic hydroxyl groups is 4. The maximum absolute atomic E-state index is 11.9. The van der Waals surface area contributed by atoms with Gasteiger partial charge in [-0.3, -0.25) is 9.36 Å². The predicted octanol–water partition coefficient (Wildman–Crippen LogP) is -3.55. The van der Waals surface area contributed by atoms with E-state index in [2.05, 4.69) is 20.3 Å². The van der Waals surface area contributed by atoms with Crippen molar-refractivity contribution >= 4 is 22.9 Å². The number of ether oxygens (including phenoxy) is 1. The number of aromatic nitrogens is 4. The van der Waals surface area contributed by atoms with E-state index < -0.39 is 43.3 Å². The molecule has 0 radical (unpaired) electrons. The molecule has 4 atom stereocenters. The number of carbonyl (C=O) groups excluding carboxylic acids is 1. The Balaban J connectivity index is 1.84. The number of hydrogen-bond donors (Lipinski definition) is 6. The Kier molecular flexibility index (Phi) is 4.29. The number of nitrogens with zero attached hydrogens (tertiary/aromatic N) is 4. The second kappa shape index (κ2) is 6.26. The summed E-state index contributed by atoms with van der Waals surface area (Å²) in [4.78, 5) is 23.8. The van der Waals surface area contributed by atoms with Crippen LogP contribution in [-0.4, -0.2) is 77.0 Å². The Labute approximate surface area is 134 Å². The number of anilines is 1. The van der Waals surface area contributed by atoms with E-state index in [0.29, 0.717) is 5.52 Å². The Hall–Kier alpha value is -2.38. The van der Waals surface area contributed by atoms with Gasteiger partial charge in [-0.05, 0) is 0 Å². The maximum atomic E-state index is 11.9. The number of carbonyl (C=O) groups is 1. The Morgan fingerprint density at radius 1 is 1.33 bits per heavy atom. The first-order valence-electron chi connectivity index (χ1n) is 6.98. The minimum absolute atomic E-state index is 0.137. The molecule has 1 amide bonds. The first-order chi connectivity index (χ1) is 11.4. The molecule has 1 saturated heterocycles. The molecular formula is C12H16N6O6. The van der Waals surface area contributed by atoms with Gasteiger partial charge in [-0.15, -0.1) is 0 Å². The molecule has 0 bridgehead atoms. The van der Waals surface area contributed by atoms with E-state index in [0.717, 1.165) is 0 Å². The number of imidazole rings is 1. The SMILES string of the molecule is Nc1ncnc2c1ncn2[C@@H]1O[C@H](C(=O)NCC(O)O)[C@@H](O)[C@H]1O. The average Bonchev–Trinajstić information content (AvgIpc) is 3.09. The van der Waals surface area contributed by atoms with Crippen LogP contribution in [0.3, 0.4) is 0 Å². The molecule has 2 aromatic heterocycles. The van der Waals surface area contributed by atoms with Crippen molar-refractivity contribution in [3.8, 4) is 0 Å². The Morgan fingerprint density at radius 3 is 2.79 bits per heavy atom. The lowest BCUT2D eigenvalue weighted by Crippen LogP contribution is -2.44. The Bertz CT molecular complexity index is 751. The quantitative estimate of drug-likeness (QED) is 0.304. The summed E-state index contributed by atoms with van der Waals surface area (Å²) in [5.74, 6) is -0.659. The summed E-state index contributed by atoms with van der Waals surface area (Å²) >= 11 is 0. The fraction of sp³-hybridized carbons (Fsp3) is 0.500. The molecule has 130 valence electrons. The lowest BCUT2D eigenvalue weighted by Gasteiger charge is -2.16. The molecule has 2 aromatic rings. The monoisotopic (exact) mass is 340 g/mol. The van der Waals surface area contributed by atoms with Crippen molar-refractivity contribution in [2.24, 2.45) is 0 Å². The minimum Gasteiger partial charge on any atom is -0.387 e. The van der Waals surface area contributed by atoms with Gasteiger partial charge in [-0.25, -0.2) is 15.0 Å². The van der Waals surface area contributed by atoms with Crippen molar-refractivity contribution < 1.29 is 30.0 Å². The number of hydrogen-bond acceptors (Lipinski definition) is 10. The van der Waals surface area contributed by atoms with E-state index >= 15 is 0 Å². The molecule has 1 aliphatic heterocycles. The molecule has 3 heterocycles. The lowest BCUT2D eigenvalue weighted by atomic mass is 10.1. The molecular weight excluding hydrogens is 324 g/mol. The van der Waals surface area contributed by atoms with Crippen molar-refractivity contribution in [3.63, 3.8) is 0 Å². The molecule has 12 nitrogen and oxygen atoms in total. The third kappa shape index (κ3) is 2.76. The van der Waals surface area contributed by atoms with Crippen molar-refractivity contribution in [2.75, 3.05) is 12.3 Å². The molecule has 1 fully saturated rings. The van der Waals surface area contributed by atoms with Crippen molar-refractivity contribution in [3.05, 3.63) is 12.7 Å². The van der Waals surface area contributed by atoms with Crippen LogP contribution in [0, 0.1) is 0 Å². The Morgan fingerprint density at radius 2 is 2.08 bits per heavy atom. The summed E-state index contributed by atoms with van der Waals surface area (Å²) in [6.07, 6.45) is -4.73. The van der Waals surface area contributed by atoms with Crippen LogP contribution in [0.5, 0.6) is 0 Å². The minimum atomic E-state index is -1.74. The largest absolute Gasteiger partial charge is 0.387 e. The first kappa shape index (κ1) is 16.5. The molecule has 1 aliphatic rings. The number of aliphatic hydroxyl groups excluding tert-OH is 3. The standard InChI is InChI=1S/C12H16N6O6/c13-9-5-10(16-2-15-9)18(3-17-5)12-7(22)6(21)8(24-12)11(23)14-1-4(19)20/h2-4,6-8,12,19-22H,1H2,(H,14,23)(H2,13,15,16)/t6-,7+,8-,12+/m0/s1. The van der Waals surface area contributed by atoms with Gasteiger partial charge < -0.3 is 36.2 Å². The van der Waals surface area contributed by atoms with Crippen molar-refractivity contribution in [2.45, 2.75) is 30.8 Å². The van der Waals surface area contributed by atoms with Crippen LogP contribution >= 0.6 is 0 Å². The van der Waals surface area contributed by atoms with Crippen LogP contribution in [0.15, 0.2) is 12.7 Å². The maximum Gasteiger partial charge on any atom is 0.252 e. The zero-order chi connectivity index (χ0) is 17.4. The van der Waals surface area contributed by atoms with Crippen LogP contribution in [0.1, 0.15) is 6.23 Å². The molecule has 0 aromatic carbocycles. The normalized spacial score (nSPS) is 27.0. The number of rotatable bonds is 4. The molecule has 0 saturated carbocycles. The fourth-order valence-electron chi connectivity index (χ4n) is 2.45. The van der Waals surface area contributed by atoms with Crippen LogP contribution in [0.2, 0.25) is 0 Å². The summed E-state index contributed by atoms with van der Waals surface area (Å²) in [5, 5.41) is 39.9. The second-order valence-electron chi connectivity index (χ2n) is 5.24. The highest BCUT2D eigenvalue weighted by atomic mass is 16.6. The van der Waals surface area contributed by atoms with E-state index in [-0.39, 0.29) is 11.5 Å². The van der Waals surface area contributed by atoms with Gasteiger partial charge in [0.25, 0.3) is 5.91 Å². The molecule has 3 rings (SSSR count). The number of nitrogens with one attached hydrogen (secondary N) is 1. The first-order valence-corrected chi connectivity index (χ1v) is 6.98. The molecule has 0 unspecified atom stereocenters. The highest BCUT2D eigenvalue weighted by Gasteiger charge is 2.47. The van der Waals surface area contributed by atoms with Gasteiger partial charge in [0.05, 0.1) is 12.9 Å². The van der Waals surface area contributed by atoms with Gasteiger partial charge in [-0.1, -0.05) is 0 Å². The summed E-state index contributed by atoms with van der Waals surface area (Å²) < 4.78 is 6.75. The number of fused-ring (bicyclic) bond motifs is 1. The van der Waals surface area contributed by atoms with Crippen LogP contribution in [-0.2, 0) is 9.53 Å². The predicted molar refractivity (Wildman–Crippen MR) is 76.9 cm³/mol. The summed E-state index contributed by atoms with van der Waals surface area (Å²) in [6.45, 7) is -0.441. The van der Waals surface area contributed by atoms with Gasteiger partial charge in [0, 0.05) is 0 Å². The van der Waals surface area contributed by atoms with Crippen LogP contribution in [0.4, 0.5) is 5.82 Å². The smallest absolute Gasteiger partial charge is 0.252 e. The van der Waals surface area contributed by atoms with E-state index in [9.17, 15) is 15.0 Å². The van der Waals surface area contributed by atoms with E-state index in [1.54, 1.807) is 0 Å². The zero-order valence-corrected chi connectivity index (χ0v) is 12.2. The van der Waals surface area contributed by atoms with Crippen LogP contribution < -0.4 is 11.1 Å². The highest BCUT2D eigenvalue weighted by molar-refractivity contribution is 5.82. The van der Waals surface area contributed by atoms with Gasteiger partial charge >= 0.3 is 0 Å². The van der Waals surface area contributed by atoms with E-state index in [1.165, 1.54) is 17.2 Å². The summed E-state index contributed by atoms with van der Waals surface area (Å²) in [7, 11) is 0. The van der Waals surface area contributed by atoms with Gasteiger partial charge in [0.15, 0.2) is 30.1 Å². The van der Waals surface area contributed by atoms with Gasteiger partial charge in [0.1, 0.15) is 24.1 Å². The molecule has 24 heavy (non-hydrogen) atoms. The average molecular weight is 340 g/mol. The van der Waals surface area contributed by atoms with Gasteiger partial charge in [0.2, 0.25) is 0 Å². The van der Waals surface area contributed by atoms with E-state index in [1.807, 2.05) is 0 Å². The third-order valence-corrected chi connectivity index (χ3v) is 3.62. The van der Waals surface area contributed by atoms with Crippen molar-refractivity contribution in [1.29, 1.82) is 0 Å². The highest BCUT2D eigenvalue weighted by Crippen LogP contribution is 2.31. The fourth-order valence-corrected chi connectivity index (χ4v) is 2.45. The number of nitrogen functional groups attached to an aromatic ring is 1. The molecule has 7 N–H and O–H groups in total. The van der Waals surface area contributed by atoms with Crippen molar-refractivity contribution in [1.82, 2.24) is 24.8 Å². The lowest BCUT2D eigenvalue weighted by molar-refractivity contribution is -0.139. The summed E-state index contributed by atoms with van der Waals surface area (Å²) in [5.41, 5.74) is 6.24. The molecule has 0 aliphatic carbocycles. The topological polar surface area (TPSA) is 189 Å². The number of amides is 1. The number of nitrogens with two attached hydrogens (primary N) is 1. The molecule has 12 heteroatoms. The second-order valence-corrected chi connectivity index (χ2v) is 5.24. The van der Waals surface area contributed by atoms with Crippen LogP contribution in [0.25, 0.3) is 11.2 Å². The zero-order valence-electron chi connectivity index (χ0n) is 12.2. The van der Waals surface area contributed by atoms with Gasteiger partial charge in [-0.2, -0.15) is 0 Å². The van der Waals surface area contributed by atoms with E-state index in [4.69, 9.17) is 20.7 Å². The molecule has 0 spiro atoms. The third-order valence-electron chi connectivity index (χ3n) is 3.62. The summed E-state index contributed by atoms with van der Waals surface area (Å²) in [6, 6.07) is 0.